The lowest BCUT2D eigenvalue weighted by Crippen LogP contribution is -2.10. The molecule has 0 unspecified atom stereocenters. The Morgan fingerprint density at radius 3 is 1.95 bits per heavy atom. The smallest absolute Gasteiger partial charge is 0.227 e. The van der Waals surface area contributed by atoms with Crippen molar-refractivity contribution in [3.8, 4) is 22.6 Å². The first-order valence-corrected chi connectivity index (χ1v) is 14.1. The van der Waals surface area contributed by atoms with E-state index in [4.69, 9.17) is 9.40 Å². The molecule has 7 aromatic carbocycles. The zero-order chi connectivity index (χ0) is 27.9. The summed E-state index contributed by atoms with van der Waals surface area (Å²) in [4.78, 5) is 7.11. The fourth-order valence-corrected chi connectivity index (χ4v) is 5.80. The number of aromatic nitrogens is 1. The van der Waals surface area contributed by atoms with Crippen molar-refractivity contribution in [2.45, 2.75) is 0 Å². The lowest BCUT2D eigenvalue weighted by atomic mass is 10.0. The number of benzene rings is 7. The molecule has 0 N–H and O–H groups in total. The Bertz CT molecular complexity index is 2180. The summed E-state index contributed by atoms with van der Waals surface area (Å²) in [5.41, 5.74) is 8.27. The van der Waals surface area contributed by atoms with Gasteiger partial charge in [0.1, 0.15) is 5.52 Å². The van der Waals surface area contributed by atoms with Crippen LogP contribution in [-0.2, 0) is 0 Å². The molecule has 0 aliphatic carbocycles. The molecule has 8 rings (SSSR count). The van der Waals surface area contributed by atoms with Crippen molar-refractivity contribution in [1.29, 1.82) is 0 Å². The number of fused-ring (bicyclic) bond motifs is 4. The Morgan fingerprint density at radius 1 is 0.452 bits per heavy atom. The molecule has 0 spiro atoms. The zero-order valence-corrected chi connectivity index (χ0v) is 22.8. The number of nitrogens with zero attached hydrogens (tertiary/aromatic N) is 2. The number of anilines is 3. The van der Waals surface area contributed by atoms with Crippen LogP contribution in [0, 0.1) is 0 Å². The van der Waals surface area contributed by atoms with Crippen LogP contribution < -0.4 is 4.90 Å². The molecule has 3 nitrogen and oxygen atoms in total. The highest BCUT2D eigenvalue weighted by Crippen LogP contribution is 2.41. The Kier molecular flexibility index (Phi) is 5.79. The molecule has 0 aliphatic heterocycles. The molecule has 0 amide bonds. The first kappa shape index (κ1) is 24.2. The van der Waals surface area contributed by atoms with Crippen molar-refractivity contribution >= 4 is 49.7 Å². The van der Waals surface area contributed by atoms with E-state index in [1.807, 2.05) is 30.3 Å². The molecule has 0 radical (unpaired) electrons. The lowest BCUT2D eigenvalue weighted by Gasteiger charge is -2.27. The van der Waals surface area contributed by atoms with E-state index in [-0.39, 0.29) is 0 Å². The van der Waals surface area contributed by atoms with Gasteiger partial charge in [-0.3, -0.25) is 0 Å². The first-order valence-electron chi connectivity index (χ1n) is 14.1. The number of rotatable bonds is 5. The Morgan fingerprint density at radius 2 is 1.14 bits per heavy atom. The van der Waals surface area contributed by atoms with E-state index in [9.17, 15) is 0 Å². The third-order valence-electron chi connectivity index (χ3n) is 7.87. The van der Waals surface area contributed by atoms with Crippen LogP contribution in [0.15, 0.2) is 162 Å². The van der Waals surface area contributed by atoms with Crippen LogP contribution in [-0.4, -0.2) is 4.98 Å². The molecule has 1 aromatic heterocycles. The van der Waals surface area contributed by atoms with Gasteiger partial charge in [-0.2, -0.15) is 0 Å². The van der Waals surface area contributed by atoms with Crippen LogP contribution in [0.1, 0.15) is 0 Å². The van der Waals surface area contributed by atoms with Gasteiger partial charge in [0.25, 0.3) is 0 Å². The van der Waals surface area contributed by atoms with Gasteiger partial charge >= 0.3 is 0 Å². The van der Waals surface area contributed by atoms with Crippen LogP contribution in [0.3, 0.4) is 0 Å². The van der Waals surface area contributed by atoms with E-state index in [0.29, 0.717) is 5.89 Å². The topological polar surface area (TPSA) is 29.3 Å². The fourth-order valence-electron chi connectivity index (χ4n) is 5.80. The molecule has 198 valence electrons. The average molecular weight is 539 g/mol. The van der Waals surface area contributed by atoms with E-state index in [1.165, 1.54) is 21.9 Å². The van der Waals surface area contributed by atoms with Gasteiger partial charge in [0.2, 0.25) is 5.89 Å². The van der Waals surface area contributed by atoms with Gasteiger partial charge in [-0.25, -0.2) is 4.98 Å². The molecule has 8 aromatic rings. The van der Waals surface area contributed by atoms with Gasteiger partial charge < -0.3 is 9.32 Å². The zero-order valence-electron chi connectivity index (χ0n) is 22.8. The second kappa shape index (κ2) is 10.1. The fraction of sp³-hybridized carbons (Fsp3) is 0. The van der Waals surface area contributed by atoms with Crippen molar-refractivity contribution in [3.63, 3.8) is 0 Å². The Hall–Kier alpha value is -5.67. The normalized spacial score (nSPS) is 11.3. The molecule has 0 saturated carbocycles. The van der Waals surface area contributed by atoms with Crippen LogP contribution in [0.5, 0.6) is 0 Å². The van der Waals surface area contributed by atoms with Gasteiger partial charge in [-0.1, -0.05) is 97.1 Å². The van der Waals surface area contributed by atoms with Gasteiger partial charge in [0, 0.05) is 27.7 Å². The minimum atomic E-state index is 0.632. The molecule has 0 aliphatic rings. The molecule has 1 heterocycles. The maximum Gasteiger partial charge on any atom is 0.227 e. The van der Waals surface area contributed by atoms with Crippen molar-refractivity contribution in [3.05, 3.63) is 158 Å². The summed E-state index contributed by atoms with van der Waals surface area (Å²) in [7, 11) is 0. The minimum Gasteiger partial charge on any atom is -0.435 e. The van der Waals surface area contributed by atoms with Crippen molar-refractivity contribution in [2.75, 3.05) is 4.90 Å². The highest BCUT2D eigenvalue weighted by molar-refractivity contribution is 6.10. The van der Waals surface area contributed by atoms with Crippen molar-refractivity contribution in [2.24, 2.45) is 0 Å². The number of oxazole rings is 1. The monoisotopic (exact) mass is 538 g/mol. The number of hydrogen-bond acceptors (Lipinski definition) is 3. The van der Waals surface area contributed by atoms with E-state index in [1.54, 1.807) is 0 Å². The molecule has 0 bridgehead atoms. The summed E-state index contributed by atoms with van der Waals surface area (Å²) < 4.78 is 6.38. The van der Waals surface area contributed by atoms with Gasteiger partial charge in [-0.05, 0) is 82.6 Å². The van der Waals surface area contributed by atoms with Crippen molar-refractivity contribution < 1.29 is 4.42 Å². The molecule has 0 atom stereocenters. The molecular formula is C39H26N2O. The summed E-state index contributed by atoms with van der Waals surface area (Å²) in [6.45, 7) is 0. The number of hydrogen-bond donors (Lipinski definition) is 0. The maximum absolute atomic E-state index is 6.38. The summed E-state index contributed by atoms with van der Waals surface area (Å²) in [5, 5.41) is 4.63. The summed E-state index contributed by atoms with van der Waals surface area (Å²) in [5.74, 6) is 0.632. The standard InChI is InChI=1S/C39H26N2O/c1-3-11-29(12-4-1)39-40-36-25-24-34-35(38(36)42-39)16-9-17-37(34)41(32-14-5-2-6-15-32)33-22-20-28(21-23-33)31-19-18-27-10-7-8-13-30(27)26-31/h1-26H. The highest BCUT2D eigenvalue weighted by Gasteiger charge is 2.18. The van der Waals surface area contributed by atoms with Crippen LogP contribution in [0.2, 0.25) is 0 Å². The second-order valence-electron chi connectivity index (χ2n) is 10.5. The average Bonchev–Trinajstić information content (AvgIpc) is 3.51. The van der Waals surface area contributed by atoms with Gasteiger partial charge in [0.15, 0.2) is 5.58 Å². The lowest BCUT2D eigenvalue weighted by molar-refractivity contribution is 0.623. The Labute approximate surface area is 243 Å². The van der Waals surface area contributed by atoms with Crippen molar-refractivity contribution in [1.82, 2.24) is 4.98 Å². The third kappa shape index (κ3) is 4.20. The second-order valence-corrected chi connectivity index (χ2v) is 10.5. The van der Waals surface area contributed by atoms with Crippen LogP contribution in [0.25, 0.3) is 55.2 Å². The van der Waals surface area contributed by atoms with Crippen LogP contribution in [0.4, 0.5) is 17.1 Å². The summed E-state index contributed by atoms with van der Waals surface area (Å²) in [6, 6.07) is 55.1. The summed E-state index contributed by atoms with van der Waals surface area (Å²) in [6.07, 6.45) is 0. The maximum atomic E-state index is 6.38. The Balaban J connectivity index is 1.25. The van der Waals surface area contributed by atoms with Gasteiger partial charge in [0.05, 0.1) is 5.69 Å². The molecule has 0 fully saturated rings. The predicted molar refractivity (Wildman–Crippen MR) is 175 cm³/mol. The third-order valence-corrected chi connectivity index (χ3v) is 7.87. The van der Waals surface area contributed by atoms with Gasteiger partial charge in [-0.15, -0.1) is 0 Å². The SMILES string of the molecule is c1ccc(-c2nc3ccc4c(N(c5ccccc5)c5ccc(-c6ccc7ccccc7c6)cc5)cccc4c3o2)cc1. The first-order chi connectivity index (χ1) is 20.8. The largest absolute Gasteiger partial charge is 0.435 e. The van der Waals surface area contributed by atoms with E-state index >= 15 is 0 Å². The molecule has 3 heteroatoms. The quantitative estimate of drug-likeness (QED) is 0.218. The van der Waals surface area contributed by atoms with E-state index in [0.717, 1.165) is 44.5 Å². The predicted octanol–water partition coefficient (Wildman–Crippen LogP) is 10.9. The van der Waals surface area contributed by atoms with Crippen LogP contribution >= 0.6 is 0 Å². The molecule has 42 heavy (non-hydrogen) atoms. The molecule has 0 saturated heterocycles. The molecular weight excluding hydrogens is 512 g/mol. The van der Waals surface area contributed by atoms with E-state index in [2.05, 4.69) is 132 Å². The van der Waals surface area contributed by atoms with E-state index < -0.39 is 0 Å². The summed E-state index contributed by atoms with van der Waals surface area (Å²) >= 11 is 0. The minimum absolute atomic E-state index is 0.632. The highest BCUT2D eigenvalue weighted by atomic mass is 16.3. The number of para-hydroxylation sites is 1.